The lowest BCUT2D eigenvalue weighted by Gasteiger charge is -2.34. The monoisotopic (exact) mass is 201 g/mol. The maximum Gasteiger partial charge on any atom is 0.308 e. The van der Waals surface area contributed by atoms with E-state index in [4.69, 9.17) is 9.84 Å². The molecule has 0 aliphatic heterocycles. The maximum absolute atomic E-state index is 10.7. The molecule has 2 atom stereocenters. The zero-order chi connectivity index (χ0) is 10.4. The number of hydrogen-bond acceptors (Lipinski definition) is 3. The summed E-state index contributed by atoms with van der Waals surface area (Å²) in [6, 6.07) is 0.204. The molecule has 1 rings (SSSR count). The van der Waals surface area contributed by atoms with E-state index in [2.05, 4.69) is 5.32 Å². The Morgan fingerprint density at radius 3 is 2.79 bits per heavy atom. The second kappa shape index (κ2) is 5.98. The predicted octanol–water partition coefficient (Wildman–Crippen LogP) is 0.866. The summed E-state index contributed by atoms with van der Waals surface area (Å²) in [5.74, 6) is -0.817. The minimum Gasteiger partial charge on any atom is -0.481 e. The Balaban J connectivity index is 1.99. The Hall–Kier alpha value is -0.610. The van der Waals surface area contributed by atoms with E-state index in [9.17, 15) is 4.79 Å². The first-order valence-electron chi connectivity index (χ1n) is 5.21. The molecule has 0 aromatic rings. The van der Waals surface area contributed by atoms with Gasteiger partial charge in [-0.15, -0.1) is 0 Å². The summed E-state index contributed by atoms with van der Waals surface area (Å²) in [5, 5.41) is 12.1. The molecule has 0 spiro atoms. The summed E-state index contributed by atoms with van der Waals surface area (Å²) in [5.41, 5.74) is 0. The first kappa shape index (κ1) is 11.5. The van der Waals surface area contributed by atoms with E-state index in [1.165, 1.54) is 0 Å². The number of unbranched alkanes of at least 4 members (excludes halogenated alkanes) is 1. The van der Waals surface area contributed by atoms with Crippen molar-refractivity contribution in [1.82, 2.24) is 5.32 Å². The average Bonchev–Trinajstić information content (AvgIpc) is 2.08. The van der Waals surface area contributed by atoms with Gasteiger partial charge in [-0.3, -0.25) is 4.79 Å². The molecule has 0 aromatic carbocycles. The molecule has 1 fully saturated rings. The molecule has 1 saturated carbocycles. The second-order valence-corrected chi connectivity index (χ2v) is 3.78. The maximum atomic E-state index is 10.7. The largest absolute Gasteiger partial charge is 0.481 e. The number of hydrogen-bond donors (Lipinski definition) is 2. The van der Waals surface area contributed by atoms with Crippen molar-refractivity contribution in [3.63, 3.8) is 0 Å². The highest BCUT2D eigenvalue weighted by molar-refractivity contribution is 5.72. The molecule has 0 saturated heterocycles. The first-order chi connectivity index (χ1) is 6.75. The molecule has 4 heteroatoms. The zero-order valence-electron chi connectivity index (χ0n) is 8.66. The Labute approximate surface area is 84.6 Å². The number of aliphatic carboxylic acids is 1. The van der Waals surface area contributed by atoms with Crippen LogP contribution in [0.25, 0.3) is 0 Å². The molecule has 2 unspecified atom stereocenters. The molecule has 4 nitrogen and oxygen atoms in total. The van der Waals surface area contributed by atoms with Gasteiger partial charge in [0.25, 0.3) is 0 Å². The zero-order valence-corrected chi connectivity index (χ0v) is 8.66. The third-order valence-corrected chi connectivity index (χ3v) is 2.77. The van der Waals surface area contributed by atoms with Crippen LogP contribution in [0.15, 0.2) is 0 Å². The van der Waals surface area contributed by atoms with Gasteiger partial charge in [0, 0.05) is 19.8 Å². The second-order valence-electron chi connectivity index (χ2n) is 3.78. The van der Waals surface area contributed by atoms with Crippen LogP contribution in [0, 0.1) is 5.92 Å². The van der Waals surface area contributed by atoms with Gasteiger partial charge in [-0.2, -0.15) is 0 Å². The van der Waals surface area contributed by atoms with E-state index in [0.717, 1.165) is 38.8 Å². The fourth-order valence-electron chi connectivity index (χ4n) is 1.70. The van der Waals surface area contributed by atoms with Gasteiger partial charge in [-0.25, -0.2) is 0 Å². The van der Waals surface area contributed by atoms with Gasteiger partial charge in [-0.05, 0) is 32.2 Å². The van der Waals surface area contributed by atoms with Crippen LogP contribution in [0.5, 0.6) is 0 Å². The number of ether oxygens (including phenoxy) is 1. The Bertz CT molecular complexity index is 184. The Morgan fingerprint density at radius 2 is 2.29 bits per heavy atom. The van der Waals surface area contributed by atoms with Gasteiger partial charge in [0.2, 0.25) is 0 Å². The lowest BCUT2D eigenvalue weighted by atomic mass is 9.79. The molecule has 1 aliphatic rings. The first-order valence-corrected chi connectivity index (χ1v) is 5.21. The van der Waals surface area contributed by atoms with Crippen LogP contribution in [0.1, 0.15) is 25.7 Å². The third-order valence-electron chi connectivity index (χ3n) is 2.77. The molecule has 82 valence electrons. The van der Waals surface area contributed by atoms with Crippen molar-refractivity contribution >= 4 is 5.97 Å². The van der Waals surface area contributed by atoms with E-state index in [1.807, 2.05) is 0 Å². The summed E-state index contributed by atoms with van der Waals surface area (Å²) in [7, 11) is 1.69. The van der Waals surface area contributed by atoms with Gasteiger partial charge < -0.3 is 15.2 Å². The predicted molar refractivity (Wildman–Crippen MR) is 53.3 cm³/mol. The highest BCUT2D eigenvalue weighted by Gasteiger charge is 2.35. The number of nitrogens with one attached hydrogen (secondary N) is 1. The summed E-state index contributed by atoms with van der Waals surface area (Å²) in [6.07, 6.45) is 3.91. The standard InChI is InChI=1S/C10H19NO3/c1-14-7-3-2-6-11-9-5-4-8(9)10(12)13/h8-9,11H,2-7H2,1H3,(H,12,13). The molecular formula is C10H19NO3. The summed E-state index contributed by atoms with van der Waals surface area (Å²) in [4.78, 5) is 10.7. The van der Waals surface area contributed by atoms with Crippen LogP contribution >= 0.6 is 0 Å². The van der Waals surface area contributed by atoms with Crippen molar-refractivity contribution in [3.05, 3.63) is 0 Å². The van der Waals surface area contributed by atoms with E-state index >= 15 is 0 Å². The fraction of sp³-hybridized carbons (Fsp3) is 0.900. The van der Waals surface area contributed by atoms with Crippen molar-refractivity contribution in [2.45, 2.75) is 31.7 Å². The van der Waals surface area contributed by atoms with Crippen LogP contribution in [-0.2, 0) is 9.53 Å². The van der Waals surface area contributed by atoms with Crippen molar-refractivity contribution in [2.75, 3.05) is 20.3 Å². The third kappa shape index (κ3) is 3.27. The molecule has 0 radical (unpaired) electrons. The SMILES string of the molecule is COCCCCNC1CCC1C(=O)O. The van der Waals surface area contributed by atoms with Gasteiger partial charge in [0.05, 0.1) is 5.92 Å². The van der Waals surface area contributed by atoms with E-state index < -0.39 is 5.97 Å². The van der Waals surface area contributed by atoms with Gasteiger partial charge in [-0.1, -0.05) is 0 Å². The summed E-state index contributed by atoms with van der Waals surface area (Å²) in [6.45, 7) is 1.69. The molecule has 0 bridgehead atoms. The normalized spacial score (nSPS) is 25.8. The van der Waals surface area contributed by atoms with Crippen LogP contribution in [0.3, 0.4) is 0 Å². The molecule has 0 heterocycles. The number of methoxy groups -OCH3 is 1. The molecule has 1 aliphatic carbocycles. The lowest BCUT2D eigenvalue weighted by molar-refractivity contribution is -0.146. The van der Waals surface area contributed by atoms with Gasteiger partial charge in [0.1, 0.15) is 0 Å². The van der Waals surface area contributed by atoms with Crippen LogP contribution in [0.2, 0.25) is 0 Å². The topological polar surface area (TPSA) is 58.6 Å². The van der Waals surface area contributed by atoms with Gasteiger partial charge in [0.15, 0.2) is 0 Å². The minimum atomic E-state index is -0.661. The van der Waals surface area contributed by atoms with Crippen LogP contribution in [0.4, 0.5) is 0 Å². The minimum absolute atomic E-state index is 0.155. The van der Waals surface area contributed by atoms with Crippen molar-refractivity contribution in [1.29, 1.82) is 0 Å². The number of rotatable bonds is 7. The lowest BCUT2D eigenvalue weighted by Crippen LogP contribution is -2.47. The molecule has 14 heavy (non-hydrogen) atoms. The molecule has 0 aromatic heterocycles. The number of carboxylic acids is 1. The van der Waals surface area contributed by atoms with E-state index in [0.29, 0.717) is 0 Å². The number of carboxylic acid groups (broad SMARTS) is 1. The van der Waals surface area contributed by atoms with Crippen LogP contribution < -0.4 is 5.32 Å². The summed E-state index contributed by atoms with van der Waals surface area (Å²) < 4.78 is 4.93. The highest BCUT2D eigenvalue weighted by atomic mass is 16.5. The van der Waals surface area contributed by atoms with E-state index in [1.54, 1.807) is 7.11 Å². The number of carbonyl (C=O) groups is 1. The Kier molecular flexibility index (Phi) is 4.90. The Morgan fingerprint density at radius 1 is 1.50 bits per heavy atom. The quantitative estimate of drug-likeness (QED) is 0.600. The smallest absolute Gasteiger partial charge is 0.308 e. The molecule has 2 N–H and O–H groups in total. The van der Waals surface area contributed by atoms with E-state index in [-0.39, 0.29) is 12.0 Å². The average molecular weight is 201 g/mol. The molecule has 0 amide bonds. The van der Waals surface area contributed by atoms with Crippen LogP contribution in [-0.4, -0.2) is 37.4 Å². The van der Waals surface area contributed by atoms with Crippen molar-refractivity contribution in [3.8, 4) is 0 Å². The molecular weight excluding hydrogens is 182 g/mol. The van der Waals surface area contributed by atoms with Gasteiger partial charge >= 0.3 is 5.97 Å². The van der Waals surface area contributed by atoms with Crippen molar-refractivity contribution in [2.24, 2.45) is 5.92 Å². The fourth-order valence-corrected chi connectivity index (χ4v) is 1.70. The van der Waals surface area contributed by atoms with Crippen molar-refractivity contribution < 1.29 is 14.6 Å². The summed E-state index contributed by atoms with van der Waals surface area (Å²) >= 11 is 0. The highest BCUT2D eigenvalue weighted by Crippen LogP contribution is 2.27.